The molecule has 0 saturated carbocycles. The molecular weight excluding hydrogens is 381 g/mol. The van der Waals surface area contributed by atoms with E-state index in [1.165, 1.54) is 24.3 Å². The Labute approximate surface area is 165 Å². The molecule has 4 nitrogen and oxygen atoms in total. The SMILES string of the molecule is Cc1ccc(NC(=O)c2cccc(C(=O)Nc3ccc(F)c(F)c3F)c2)cc1C. The number of halogens is 3. The van der Waals surface area contributed by atoms with E-state index in [1.807, 2.05) is 26.0 Å². The van der Waals surface area contributed by atoms with Gasteiger partial charge < -0.3 is 10.6 Å². The standard InChI is InChI=1S/C22H17F3N2O2/c1-12-6-7-16(10-13(12)2)26-21(28)14-4-3-5-15(11-14)22(29)27-18-9-8-17(23)19(24)20(18)25/h3-11H,1-2H3,(H,26,28)(H,27,29). The molecule has 0 aliphatic heterocycles. The van der Waals surface area contributed by atoms with Gasteiger partial charge in [-0.3, -0.25) is 9.59 Å². The van der Waals surface area contributed by atoms with Crippen molar-refractivity contribution in [1.29, 1.82) is 0 Å². The van der Waals surface area contributed by atoms with Crippen molar-refractivity contribution in [3.8, 4) is 0 Å². The van der Waals surface area contributed by atoms with E-state index in [2.05, 4.69) is 10.6 Å². The number of rotatable bonds is 4. The van der Waals surface area contributed by atoms with Crippen molar-refractivity contribution in [3.63, 3.8) is 0 Å². The number of aryl methyl sites for hydroxylation is 2. The molecule has 0 aliphatic rings. The second-order valence-electron chi connectivity index (χ2n) is 6.51. The van der Waals surface area contributed by atoms with Crippen LogP contribution in [0.3, 0.4) is 0 Å². The predicted molar refractivity (Wildman–Crippen MR) is 105 cm³/mol. The van der Waals surface area contributed by atoms with Crippen molar-refractivity contribution < 1.29 is 22.8 Å². The molecule has 0 saturated heterocycles. The molecule has 0 unspecified atom stereocenters. The highest BCUT2D eigenvalue weighted by atomic mass is 19.2. The molecular formula is C22H17F3N2O2. The first-order valence-corrected chi connectivity index (χ1v) is 8.70. The Morgan fingerprint density at radius 1 is 0.724 bits per heavy atom. The highest BCUT2D eigenvalue weighted by molar-refractivity contribution is 6.08. The third kappa shape index (κ3) is 4.45. The van der Waals surface area contributed by atoms with Crippen molar-refractivity contribution in [2.24, 2.45) is 0 Å². The lowest BCUT2D eigenvalue weighted by Gasteiger charge is -2.10. The van der Waals surface area contributed by atoms with Crippen LogP contribution in [-0.2, 0) is 0 Å². The fraction of sp³-hybridized carbons (Fsp3) is 0.0909. The Balaban J connectivity index is 1.78. The van der Waals surface area contributed by atoms with E-state index in [9.17, 15) is 22.8 Å². The van der Waals surface area contributed by atoms with Gasteiger partial charge in [0.15, 0.2) is 17.5 Å². The predicted octanol–water partition coefficient (Wildman–Crippen LogP) is 5.23. The molecule has 0 atom stereocenters. The summed E-state index contributed by atoms with van der Waals surface area (Å²) in [6.07, 6.45) is 0. The van der Waals surface area contributed by atoms with Crippen molar-refractivity contribution in [3.05, 3.63) is 94.3 Å². The second kappa shape index (κ2) is 8.18. The maximum absolute atomic E-state index is 13.8. The third-order valence-electron chi connectivity index (χ3n) is 4.44. The molecule has 0 aliphatic carbocycles. The maximum Gasteiger partial charge on any atom is 0.255 e. The summed E-state index contributed by atoms with van der Waals surface area (Å²) >= 11 is 0. The second-order valence-corrected chi connectivity index (χ2v) is 6.51. The van der Waals surface area contributed by atoms with Gasteiger partial charge >= 0.3 is 0 Å². The van der Waals surface area contributed by atoms with Gasteiger partial charge in [0, 0.05) is 16.8 Å². The van der Waals surface area contributed by atoms with Crippen molar-refractivity contribution in [2.75, 3.05) is 10.6 Å². The molecule has 148 valence electrons. The lowest BCUT2D eigenvalue weighted by molar-refractivity contribution is 0.102. The topological polar surface area (TPSA) is 58.2 Å². The van der Waals surface area contributed by atoms with Crippen LogP contribution in [0.15, 0.2) is 54.6 Å². The molecule has 2 N–H and O–H groups in total. The molecule has 0 fully saturated rings. The van der Waals surface area contributed by atoms with Gasteiger partial charge in [0.25, 0.3) is 11.8 Å². The molecule has 3 aromatic carbocycles. The lowest BCUT2D eigenvalue weighted by Crippen LogP contribution is -2.16. The summed E-state index contributed by atoms with van der Waals surface area (Å²) in [5.41, 5.74) is 2.48. The number of nitrogens with one attached hydrogen (secondary N) is 2. The van der Waals surface area contributed by atoms with E-state index >= 15 is 0 Å². The van der Waals surface area contributed by atoms with Gasteiger partial charge in [0.05, 0.1) is 5.69 Å². The van der Waals surface area contributed by atoms with Crippen LogP contribution in [0, 0.1) is 31.3 Å². The van der Waals surface area contributed by atoms with Gasteiger partial charge in [-0.05, 0) is 67.4 Å². The Bertz CT molecular complexity index is 1110. The van der Waals surface area contributed by atoms with Crippen molar-refractivity contribution in [2.45, 2.75) is 13.8 Å². The van der Waals surface area contributed by atoms with E-state index in [0.717, 1.165) is 17.2 Å². The number of hydrogen-bond donors (Lipinski definition) is 2. The minimum atomic E-state index is -1.68. The Hall–Kier alpha value is -3.61. The van der Waals surface area contributed by atoms with Gasteiger partial charge in [0.1, 0.15) is 0 Å². The van der Waals surface area contributed by atoms with Gasteiger partial charge in [-0.15, -0.1) is 0 Å². The summed E-state index contributed by atoms with van der Waals surface area (Å²) in [6.45, 7) is 3.88. The summed E-state index contributed by atoms with van der Waals surface area (Å²) < 4.78 is 40.1. The first kappa shape index (κ1) is 20.1. The molecule has 0 heterocycles. The monoisotopic (exact) mass is 398 g/mol. The number of hydrogen-bond acceptors (Lipinski definition) is 2. The quantitative estimate of drug-likeness (QED) is 0.592. The Morgan fingerprint density at radius 3 is 2.03 bits per heavy atom. The summed E-state index contributed by atoms with van der Waals surface area (Å²) in [7, 11) is 0. The number of benzene rings is 3. The van der Waals surface area contributed by atoms with Crippen LogP contribution < -0.4 is 10.6 Å². The number of carbonyl (C=O) groups is 2. The molecule has 0 spiro atoms. The molecule has 7 heteroatoms. The molecule has 3 rings (SSSR count). The number of amides is 2. The maximum atomic E-state index is 13.8. The largest absolute Gasteiger partial charge is 0.322 e. The van der Waals surface area contributed by atoms with Crippen LogP contribution in [0.5, 0.6) is 0 Å². The van der Waals surface area contributed by atoms with Crippen LogP contribution in [0.25, 0.3) is 0 Å². The van der Waals surface area contributed by atoms with E-state index < -0.39 is 35.0 Å². The molecule has 2 amide bonds. The Morgan fingerprint density at radius 2 is 1.38 bits per heavy atom. The van der Waals surface area contributed by atoms with Gasteiger partial charge in [-0.25, -0.2) is 13.2 Å². The summed E-state index contributed by atoms with van der Waals surface area (Å²) in [5, 5.41) is 4.91. The van der Waals surface area contributed by atoms with Crippen LogP contribution in [0.4, 0.5) is 24.5 Å². The van der Waals surface area contributed by atoms with Crippen LogP contribution in [0.1, 0.15) is 31.8 Å². The van der Waals surface area contributed by atoms with Crippen LogP contribution in [0.2, 0.25) is 0 Å². The van der Waals surface area contributed by atoms with Gasteiger partial charge in [-0.2, -0.15) is 0 Å². The summed E-state index contributed by atoms with van der Waals surface area (Å²) in [5.74, 6) is -5.73. The average molecular weight is 398 g/mol. The summed E-state index contributed by atoms with van der Waals surface area (Å²) in [6, 6.07) is 12.9. The smallest absolute Gasteiger partial charge is 0.255 e. The number of anilines is 2. The highest BCUT2D eigenvalue weighted by Gasteiger charge is 2.17. The third-order valence-corrected chi connectivity index (χ3v) is 4.44. The van der Waals surface area contributed by atoms with Crippen molar-refractivity contribution >= 4 is 23.2 Å². The number of carbonyl (C=O) groups excluding carboxylic acids is 2. The molecule has 29 heavy (non-hydrogen) atoms. The Kier molecular flexibility index (Phi) is 5.68. The van der Waals surface area contributed by atoms with Gasteiger partial charge in [-0.1, -0.05) is 12.1 Å². The first-order chi connectivity index (χ1) is 13.8. The van der Waals surface area contributed by atoms with Crippen LogP contribution >= 0.6 is 0 Å². The molecule has 0 bridgehead atoms. The normalized spacial score (nSPS) is 10.5. The average Bonchev–Trinajstić information content (AvgIpc) is 2.71. The molecule has 3 aromatic rings. The fourth-order valence-corrected chi connectivity index (χ4v) is 2.64. The zero-order valence-electron chi connectivity index (χ0n) is 15.6. The minimum Gasteiger partial charge on any atom is -0.322 e. The fourth-order valence-electron chi connectivity index (χ4n) is 2.64. The molecule has 0 radical (unpaired) electrons. The van der Waals surface area contributed by atoms with E-state index in [0.29, 0.717) is 11.8 Å². The zero-order chi connectivity index (χ0) is 21.1. The van der Waals surface area contributed by atoms with E-state index in [4.69, 9.17) is 0 Å². The zero-order valence-corrected chi connectivity index (χ0v) is 15.6. The van der Waals surface area contributed by atoms with E-state index in [-0.39, 0.29) is 11.1 Å². The minimum absolute atomic E-state index is 0.0573. The highest BCUT2D eigenvalue weighted by Crippen LogP contribution is 2.21. The van der Waals surface area contributed by atoms with Gasteiger partial charge in [0.2, 0.25) is 0 Å². The molecule has 0 aromatic heterocycles. The van der Waals surface area contributed by atoms with E-state index in [1.54, 1.807) is 6.07 Å². The van der Waals surface area contributed by atoms with Crippen LogP contribution in [-0.4, -0.2) is 11.8 Å². The first-order valence-electron chi connectivity index (χ1n) is 8.70. The summed E-state index contributed by atoms with van der Waals surface area (Å²) in [4.78, 5) is 24.8. The van der Waals surface area contributed by atoms with Crippen molar-refractivity contribution in [1.82, 2.24) is 0 Å². The lowest BCUT2D eigenvalue weighted by atomic mass is 10.1.